The molecule has 1 amide bonds. The highest BCUT2D eigenvalue weighted by molar-refractivity contribution is 6.02. The number of allylic oxidation sites excluding steroid dienone is 1. The van der Waals surface area contributed by atoms with E-state index in [1.165, 1.54) is 11.2 Å². The van der Waals surface area contributed by atoms with Gasteiger partial charge in [0.15, 0.2) is 0 Å². The molecule has 0 N–H and O–H groups in total. The third kappa shape index (κ3) is 1.24. The van der Waals surface area contributed by atoms with Gasteiger partial charge < -0.3 is 4.74 Å². The lowest BCUT2D eigenvalue weighted by Crippen LogP contribution is -2.26. The highest BCUT2D eigenvalue weighted by Crippen LogP contribution is 2.26. The van der Waals surface area contributed by atoms with E-state index in [1.54, 1.807) is 30.7 Å². The molecule has 0 aliphatic carbocycles. The lowest BCUT2D eigenvalue weighted by molar-refractivity contribution is 0.0864. The number of hydrogen-bond acceptors (Lipinski definition) is 3. The lowest BCUT2D eigenvalue weighted by Gasteiger charge is -2.17. The number of para-hydroxylation sites is 1. The fourth-order valence-corrected chi connectivity index (χ4v) is 1.64. The molecule has 0 bridgehead atoms. The molecule has 0 saturated heterocycles. The second kappa shape index (κ2) is 3.34. The molecule has 0 atom stereocenters. The summed E-state index contributed by atoms with van der Waals surface area (Å²) in [6, 6.07) is 7.16. The Morgan fingerprint density at radius 1 is 1.31 bits per heavy atom. The average Bonchev–Trinajstić information content (AvgIpc) is 2.49. The van der Waals surface area contributed by atoms with Crippen molar-refractivity contribution in [1.29, 1.82) is 0 Å². The standard InChI is InChI=1S/C12H8N2O2/c15-12-10-3-1-2-4-11(10)16-8-9-7-13-5-6-14(9)12/h1-8H/p+1. The van der Waals surface area contributed by atoms with Crippen molar-refractivity contribution in [2.24, 2.45) is 4.99 Å². The molecule has 0 aromatic heterocycles. The minimum absolute atomic E-state index is 0. The molecule has 0 fully saturated rings. The molecule has 3 rings (SSSR count). The third-order valence-electron chi connectivity index (χ3n) is 2.43. The number of aliphatic imine (C=N–C) groups is 1. The van der Waals surface area contributed by atoms with Crippen LogP contribution >= 0.6 is 0 Å². The van der Waals surface area contributed by atoms with Crippen LogP contribution in [0.25, 0.3) is 0 Å². The first kappa shape index (κ1) is 8.91. The van der Waals surface area contributed by atoms with Crippen LogP contribution in [0.15, 0.2) is 53.6 Å². The van der Waals surface area contributed by atoms with E-state index in [9.17, 15) is 4.79 Å². The Balaban J connectivity index is 0.00000108. The molecule has 2 aliphatic heterocycles. The first-order valence-electron chi connectivity index (χ1n) is 4.85. The first-order valence-corrected chi connectivity index (χ1v) is 4.85. The summed E-state index contributed by atoms with van der Waals surface area (Å²) in [5, 5.41) is 0. The van der Waals surface area contributed by atoms with Crippen LogP contribution < -0.4 is 4.74 Å². The van der Waals surface area contributed by atoms with Crippen molar-refractivity contribution in [2.75, 3.05) is 0 Å². The van der Waals surface area contributed by atoms with Gasteiger partial charge in [0.25, 0.3) is 5.91 Å². The Morgan fingerprint density at radius 3 is 3.12 bits per heavy atom. The molecule has 2 heterocycles. The summed E-state index contributed by atoms with van der Waals surface area (Å²) < 4.78 is 5.44. The van der Waals surface area contributed by atoms with Crippen molar-refractivity contribution < 1.29 is 11.0 Å². The van der Waals surface area contributed by atoms with Crippen LogP contribution in [0.4, 0.5) is 0 Å². The molecular formula is C12H9N2O2+. The van der Waals surface area contributed by atoms with E-state index in [4.69, 9.17) is 4.74 Å². The number of ether oxygens (including phenoxy) is 1. The molecule has 0 spiro atoms. The summed E-state index contributed by atoms with van der Waals surface area (Å²) in [6.45, 7) is 0. The van der Waals surface area contributed by atoms with Crippen LogP contribution in [0.3, 0.4) is 0 Å². The molecule has 0 unspecified atom stereocenters. The number of carbonyl (C=O) groups is 1. The highest BCUT2D eigenvalue weighted by atomic mass is 16.5. The van der Waals surface area contributed by atoms with Gasteiger partial charge in [0, 0.05) is 12.4 Å². The largest absolute Gasteiger partial charge is 1.00 e. The van der Waals surface area contributed by atoms with Gasteiger partial charge in [0.1, 0.15) is 17.7 Å². The van der Waals surface area contributed by atoms with Crippen LogP contribution in [0, 0.1) is 0 Å². The second-order valence-electron chi connectivity index (χ2n) is 3.41. The summed E-state index contributed by atoms with van der Waals surface area (Å²) in [4.78, 5) is 17.6. The van der Waals surface area contributed by atoms with Gasteiger partial charge in [0.05, 0.1) is 11.8 Å². The Morgan fingerprint density at radius 2 is 2.19 bits per heavy atom. The maximum absolute atomic E-state index is 12.2. The molecule has 0 saturated carbocycles. The van der Waals surface area contributed by atoms with Crippen molar-refractivity contribution in [3.8, 4) is 5.75 Å². The molecule has 1 aromatic rings. The van der Waals surface area contributed by atoms with Gasteiger partial charge in [-0.05, 0) is 12.1 Å². The Bertz CT molecular complexity index is 549. The molecule has 2 aliphatic rings. The zero-order chi connectivity index (χ0) is 11.0. The quantitative estimate of drug-likeness (QED) is 0.661. The van der Waals surface area contributed by atoms with E-state index in [-0.39, 0.29) is 7.33 Å². The van der Waals surface area contributed by atoms with Crippen LogP contribution in [-0.2, 0) is 0 Å². The summed E-state index contributed by atoms with van der Waals surface area (Å²) in [7, 11) is 0. The number of benzene rings is 1. The third-order valence-corrected chi connectivity index (χ3v) is 2.43. The molecule has 16 heavy (non-hydrogen) atoms. The van der Waals surface area contributed by atoms with E-state index < -0.39 is 0 Å². The number of rotatable bonds is 0. The van der Waals surface area contributed by atoms with Crippen LogP contribution in [0.2, 0.25) is 0 Å². The van der Waals surface area contributed by atoms with Crippen LogP contribution in [0.1, 0.15) is 11.8 Å². The van der Waals surface area contributed by atoms with Crippen molar-refractivity contribution in [1.82, 2.24) is 4.90 Å². The van der Waals surface area contributed by atoms with Gasteiger partial charge in [-0.1, -0.05) is 12.1 Å². The predicted octanol–water partition coefficient (Wildman–Crippen LogP) is 2.03. The predicted molar refractivity (Wildman–Crippen MR) is 60.1 cm³/mol. The monoisotopic (exact) mass is 213 g/mol. The normalized spacial score (nSPS) is 17.1. The van der Waals surface area contributed by atoms with E-state index in [2.05, 4.69) is 4.99 Å². The Labute approximate surface area is 93.6 Å². The molecular weight excluding hydrogens is 204 g/mol. The fraction of sp³-hybridized carbons (Fsp3) is 0. The first-order chi connectivity index (χ1) is 7.86. The van der Waals surface area contributed by atoms with Gasteiger partial charge in [-0.15, -0.1) is 0 Å². The molecule has 1 aromatic carbocycles. The van der Waals surface area contributed by atoms with E-state index in [0.717, 1.165) is 0 Å². The summed E-state index contributed by atoms with van der Waals surface area (Å²) in [6.07, 6.45) is 6.31. The Kier molecular flexibility index (Phi) is 1.86. The van der Waals surface area contributed by atoms with Crippen molar-refractivity contribution in [3.05, 3.63) is 54.2 Å². The smallest absolute Gasteiger partial charge is 0.462 e. The summed E-state index contributed by atoms with van der Waals surface area (Å²) >= 11 is 0. The van der Waals surface area contributed by atoms with Crippen molar-refractivity contribution in [2.45, 2.75) is 0 Å². The lowest BCUT2D eigenvalue weighted by atomic mass is 10.2. The van der Waals surface area contributed by atoms with Crippen LogP contribution in [-0.4, -0.2) is 17.0 Å². The van der Waals surface area contributed by atoms with Gasteiger partial charge in [0.2, 0.25) is 0 Å². The SMILES string of the molecule is O=C1c2ccccc2OC=C2C=NC=CN12.[H+]. The molecule has 4 nitrogen and oxygen atoms in total. The van der Waals surface area contributed by atoms with Gasteiger partial charge in [-0.3, -0.25) is 14.7 Å². The molecule has 78 valence electrons. The Hall–Kier alpha value is -2.36. The minimum Gasteiger partial charge on any atom is -0.462 e. The number of nitrogens with zero attached hydrogens (tertiary/aromatic N) is 2. The van der Waals surface area contributed by atoms with Crippen molar-refractivity contribution >= 4 is 12.1 Å². The summed E-state index contributed by atoms with van der Waals surface area (Å²) in [5.41, 5.74) is 1.18. The van der Waals surface area contributed by atoms with E-state index >= 15 is 0 Å². The minimum atomic E-state index is -0.109. The molecule has 4 heteroatoms. The van der Waals surface area contributed by atoms with Gasteiger partial charge in [-0.25, -0.2) is 0 Å². The topological polar surface area (TPSA) is 41.9 Å². The van der Waals surface area contributed by atoms with E-state index in [0.29, 0.717) is 17.0 Å². The highest BCUT2D eigenvalue weighted by Gasteiger charge is 2.24. The maximum atomic E-state index is 12.2. The number of hydrogen-bond donors (Lipinski definition) is 0. The average molecular weight is 213 g/mol. The zero-order valence-corrected chi connectivity index (χ0v) is 8.33. The summed E-state index contributed by atoms with van der Waals surface area (Å²) in [5.74, 6) is 0.456. The van der Waals surface area contributed by atoms with Gasteiger partial charge in [-0.2, -0.15) is 0 Å². The fourth-order valence-electron chi connectivity index (χ4n) is 1.64. The maximum Gasteiger partial charge on any atom is 1.00 e. The number of fused-ring (bicyclic) bond motifs is 2. The molecule has 0 radical (unpaired) electrons. The second-order valence-corrected chi connectivity index (χ2v) is 3.41. The van der Waals surface area contributed by atoms with E-state index in [1.807, 2.05) is 12.1 Å². The van der Waals surface area contributed by atoms with Gasteiger partial charge >= 0.3 is 1.43 Å². The number of carbonyl (C=O) groups excluding carboxylic acids is 1. The number of amides is 1. The van der Waals surface area contributed by atoms with Crippen molar-refractivity contribution in [3.63, 3.8) is 0 Å². The van der Waals surface area contributed by atoms with Crippen LogP contribution in [0.5, 0.6) is 5.75 Å². The zero-order valence-electron chi connectivity index (χ0n) is 9.33.